The molecule has 2 N–H and O–H groups in total. The number of rotatable bonds is 1. The number of aliphatic hydroxyl groups excluding tert-OH is 1. The highest BCUT2D eigenvalue weighted by Gasteiger charge is 2.54. The molecule has 6 atom stereocenters. The van der Waals surface area contributed by atoms with Gasteiger partial charge in [-0.05, 0) is 84.5 Å². The van der Waals surface area contributed by atoms with Crippen LogP contribution >= 0.6 is 0 Å². The average Bonchev–Trinajstić information content (AvgIpc) is 2.84. The Labute approximate surface area is 133 Å². The molecule has 0 heterocycles. The van der Waals surface area contributed by atoms with E-state index < -0.39 is 6.10 Å². The number of hydrogen-bond acceptors (Lipinski definition) is 2. The summed E-state index contributed by atoms with van der Waals surface area (Å²) in [5, 5.41) is 20.4. The molecule has 2 heteroatoms. The standard InChI is InChI=1S/C20H28O2/c1-3-12-4-7-18-16-11-19(22)17-10-13(21)5-6-14(17)15(16)8-9-20(12,18)2/h5-6,10,12,15-16,18-19,21-22H,3-4,7-9,11H2,1-2H3/t12-,15+,16+,18-,19?,20+/m0/s1. The molecule has 2 fully saturated rings. The molecule has 4 rings (SSSR count). The highest BCUT2D eigenvalue weighted by molar-refractivity contribution is 5.41. The fourth-order valence-electron chi connectivity index (χ4n) is 6.35. The Morgan fingerprint density at radius 3 is 2.77 bits per heavy atom. The lowest BCUT2D eigenvalue weighted by Gasteiger charge is -2.51. The van der Waals surface area contributed by atoms with Crippen LogP contribution in [0.3, 0.4) is 0 Å². The predicted molar refractivity (Wildman–Crippen MR) is 87.8 cm³/mol. The summed E-state index contributed by atoms with van der Waals surface area (Å²) in [6.07, 6.45) is 7.09. The van der Waals surface area contributed by atoms with Gasteiger partial charge >= 0.3 is 0 Å². The summed E-state index contributed by atoms with van der Waals surface area (Å²) in [5.41, 5.74) is 2.78. The van der Waals surface area contributed by atoms with Gasteiger partial charge in [0.15, 0.2) is 0 Å². The quantitative estimate of drug-likeness (QED) is 0.784. The monoisotopic (exact) mass is 300 g/mol. The zero-order chi connectivity index (χ0) is 15.5. The lowest BCUT2D eigenvalue weighted by molar-refractivity contribution is -0.00231. The van der Waals surface area contributed by atoms with Crippen LogP contribution in [0.5, 0.6) is 5.75 Å². The van der Waals surface area contributed by atoms with Gasteiger partial charge in [0.2, 0.25) is 0 Å². The van der Waals surface area contributed by atoms with Crippen molar-refractivity contribution in [3.8, 4) is 5.75 Å². The van der Waals surface area contributed by atoms with Crippen molar-refractivity contribution in [3.63, 3.8) is 0 Å². The number of fused-ring (bicyclic) bond motifs is 5. The number of phenols is 1. The van der Waals surface area contributed by atoms with E-state index in [2.05, 4.69) is 19.9 Å². The van der Waals surface area contributed by atoms with E-state index in [1.807, 2.05) is 0 Å². The minimum atomic E-state index is -0.397. The van der Waals surface area contributed by atoms with Crippen molar-refractivity contribution in [1.82, 2.24) is 0 Å². The molecule has 0 saturated heterocycles. The Bertz CT molecular complexity index is 581. The number of aromatic hydroxyl groups is 1. The zero-order valence-corrected chi connectivity index (χ0v) is 13.8. The number of phenolic OH excluding ortho intramolecular Hbond substituents is 1. The van der Waals surface area contributed by atoms with Crippen molar-refractivity contribution in [2.45, 2.75) is 64.4 Å². The highest BCUT2D eigenvalue weighted by Crippen LogP contribution is 2.64. The maximum atomic E-state index is 10.6. The zero-order valence-electron chi connectivity index (χ0n) is 13.8. The van der Waals surface area contributed by atoms with Crippen LogP contribution in [0.25, 0.3) is 0 Å². The molecule has 0 amide bonds. The largest absolute Gasteiger partial charge is 0.508 e. The van der Waals surface area contributed by atoms with Gasteiger partial charge in [-0.1, -0.05) is 26.3 Å². The summed E-state index contributed by atoms with van der Waals surface area (Å²) in [7, 11) is 0. The number of hydrogen-bond donors (Lipinski definition) is 2. The summed E-state index contributed by atoms with van der Waals surface area (Å²) in [6, 6.07) is 5.65. The molecule has 0 aliphatic heterocycles. The minimum absolute atomic E-state index is 0.281. The van der Waals surface area contributed by atoms with Crippen molar-refractivity contribution in [2.24, 2.45) is 23.2 Å². The summed E-state index contributed by atoms with van der Waals surface area (Å²) in [6.45, 7) is 4.87. The van der Waals surface area contributed by atoms with Crippen LogP contribution in [0.2, 0.25) is 0 Å². The Kier molecular flexibility index (Phi) is 3.30. The fraction of sp³-hybridized carbons (Fsp3) is 0.700. The second-order valence-corrected chi connectivity index (χ2v) is 8.17. The van der Waals surface area contributed by atoms with Gasteiger partial charge in [-0.3, -0.25) is 0 Å². The fourth-order valence-corrected chi connectivity index (χ4v) is 6.35. The molecule has 3 aliphatic carbocycles. The summed E-state index contributed by atoms with van der Waals surface area (Å²) < 4.78 is 0. The Hall–Kier alpha value is -1.02. The molecular formula is C20H28O2. The van der Waals surface area contributed by atoms with Crippen LogP contribution in [0.1, 0.15) is 75.5 Å². The highest BCUT2D eigenvalue weighted by atomic mass is 16.3. The smallest absolute Gasteiger partial charge is 0.115 e. The molecule has 0 spiro atoms. The van der Waals surface area contributed by atoms with Crippen LogP contribution in [0, 0.1) is 23.2 Å². The first-order valence-electron chi connectivity index (χ1n) is 9.05. The van der Waals surface area contributed by atoms with Gasteiger partial charge in [0.25, 0.3) is 0 Å². The lowest BCUT2D eigenvalue weighted by Crippen LogP contribution is -2.42. The van der Waals surface area contributed by atoms with Crippen LogP contribution in [-0.4, -0.2) is 10.2 Å². The van der Waals surface area contributed by atoms with E-state index in [-0.39, 0.29) is 5.75 Å². The van der Waals surface area contributed by atoms with E-state index in [0.29, 0.717) is 17.3 Å². The average molecular weight is 300 g/mol. The number of benzene rings is 1. The SMILES string of the molecule is CC[C@H]1CC[C@H]2[C@@H]3CC(O)c4cc(O)ccc4[C@H]3CC[C@]12C. The summed E-state index contributed by atoms with van der Waals surface area (Å²) in [4.78, 5) is 0. The molecule has 1 unspecified atom stereocenters. The second kappa shape index (κ2) is 4.99. The van der Waals surface area contributed by atoms with E-state index in [0.717, 1.165) is 23.8 Å². The topological polar surface area (TPSA) is 40.5 Å². The van der Waals surface area contributed by atoms with Crippen molar-refractivity contribution >= 4 is 0 Å². The second-order valence-electron chi connectivity index (χ2n) is 8.17. The summed E-state index contributed by atoms with van der Waals surface area (Å²) >= 11 is 0. The molecule has 2 saturated carbocycles. The third-order valence-electron chi connectivity index (χ3n) is 7.45. The third kappa shape index (κ3) is 1.89. The maximum Gasteiger partial charge on any atom is 0.115 e. The molecule has 0 bridgehead atoms. The van der Waals surface area contributed by atoms with Crippen LogP contribution in [-0.2, 0) is 0 Å². The van der Waals surface area contributed by atoms with Crippen molar-refractivity contribution in [3.05, 3.63) is 29.3 Å². The van der Waals surface area contributed by atoms with E-state index in [1.54, 1.807) is 12.1 Å². The number of aliphatic hydroxyl groups is 1. The molecule has 120 valence electrons. The molecule has 2 nitrogen and oxygen atoms in total. The Morgan fingerprint density at radius 1 is 1.18 bits per heavy atom. The van der Waals surface area contributed by atoms with Crippen LogP contribution in [0.15, 0.2) is 18.2 Å². The van der Waals surface area contributed by atoms with Gasteiger partial charge in [0, 0.05) is 0 Å². The van der Waals surface area contributed by atoms with Crippen molar-refractivity contribution in [2.75, 3.05) is 0 Å². The van der Waals surface area contributed by atoms with Gasteiger partial charge in [0.1, 0.15) is 5.75 Å². The van der Waals surface area contributed by atoms with Gasteiger partial charge in [-0.2, -0.15) is 0 Å². The predicted octanol–water partition coefficient (Wildman–Crippen LogP) is 4.77. The van der Waals surface area contributed by atoms with Crippen LogP contribution < -0.4 is 0 Å². The van der Waals surface area contributed by atoms with Gasteiger partial charge < -0.3 is 10.2 Å². The Morgan fingerprint density at radius 2 is 2.00 bits per heavy atom. The van der Waals surface area contributed by atoms with E-state index in [4.69, 9.17) is 0 Å². The van der Waals surface area contributed by atoms with Crippen molar-refractivity contribution in [1.29, 1.82) is 0 Å². The molecule has 3 aliphatic rings. The summed E-state index contributed by atoms with van der Waals surface area (Å²) in [5.74, 6) is 3.14. The molecule has 1 aromatic rings. The van der Waals surface area contributed by atoms with Gasteiger partial charge in [-0.15, -0.1) is 0 Å². The van der Waals surface area contributed by atoms with E-state index in [9.17, 15) is 10.2 Å². The molecular weight excluding hydrogens is 272 g/mol. The maximum absolute atomic E-state index is 10.6. The van der Waals surface area contributed by atoms with E-state index in [1.165, 1.54) is 37.7 Å². The van der Waals surface area contributed by atoms with Crippen LogP contribution in [0.4, 0.5) is 0 Å². The molecule has 1 aromatic carbocycles. The minimum Gasteiger partial charge on any atom is -0.508 e. The Balaban J connectivity index is 1.72. The molecule has 0 radical (unpaired) electrons. The normalized spacial score (nSPS) is 43.3. The first-order valence-corrected chi connectivity index (χ1v) is 9.05. The van der Waals surface area contributed by atoms with E-state index >= 15 is 0 Å². The molecule has 22 heavy (non-hydrogen) atoms. The van der Waals surface area contributed by atoms with Gasteiger partial charge in [-0.25, -0.2) is 0 Å². The molecule has 0 aromatic heterocycles. The van der Waals surface area contributed by atoms with Crippen molar-refractivity contribution < 1.29 is 10.2 Å². The lowest BCUT2D eigenvalue weighted by atomic mass is 9.53. The first-order chi connectivity index (χ1) is 10.5. The third-order valence-corrected chi connectivity index (χ3v) is 7.45. The first kappa shape index (κ1) is 14.6. The van der Waals surface area contributed by atoms with Gasteiger partial charge in [0.05, 0.1) is 6.10 Å².